The van der Waals surface area contributed by atoms with E-state index in [1.807, 2.05) is 0 Å². The Morgan fingerprint density at radius 3 is 2.52 bits per heavy atom. The topological polar surface area (TPSA) is 104 Å². The van der Waals surface area contributed by atoms with Gasteiger partial charge in [-0.25, -0.2) is 4.79 Å². The van der Waals surface area contributed by atoms with E-state index < -0.39 is 23.8 Å². The van der Waals surface area contributed by atoms with Gasteiger partial charge < -0.3 is 23.9 Å². The zero-order chi connectivity index (χ0) is 21.1. The number of Topliss-reactive ketones (excluding diaryl/α,β-unsaturated/α-hetero) is 1. The summed E-state index contributed by atoms with van der Waals surface area (Å²) in [6, 6.07) is 5.22. The highest BCUT2D eigenvalue weighted by Gasteiger charge is 2.27. The average molecular weight is 401 g/mol. The fourth-order valence-corrected chi connectivity index (χ4v) is 3.26. The number of hydrogen-bond acceptors (Lipinski definition) is 7. The number of aromatic nitrogens is 1. The van der Waals surface area contributed by atoms with Gasteiger partial charge in [0.2, 0.25) is 5.78 Å². The predicted octanol–water partition coefficient (Wildman–Crippen LogP) is 2.55. The van der Waals surface area contributed by atoms with Crippen LogP contribution in [0.4, 0.5) is 0 Å². The summed E-state index contributed by atoms with van der Waals surface area (Å²) in [7, 11) is 1.28. The molecular weight excluding hydrogens is 378 g/mol. The summed E-state index contributed by atoms with van der Waals surface area (Å²) in [5.74, 6) is -0.277. The third-order valence-corrected chi connectivity index (χ3v) is 4.71. The Morgan fingerprint density at radius 2 is 1.83 bits per heavy atom. The summed E-state index contributed by atoms with van der Waals surface area (Å²) < 4.78 is 21.0. The Bertz CT molecular complexity index is 960. The van der Waals surface area contributed by atoms with Gasteiger partial charge in [0, 0.05) is 5.69 Å². The van der Waals surface area contributed by atoms with E-state index in [-0.39, 0.29) is 12.1 Å². The van der Waals surface area contributed by atoms with E-state index in [1.165, 1.54) is 14.0 Å². The van der Waals surface area contributed by atoms with Crippen LogP contribution in [0.25, 0.3) is 0 Å². The molecule has 0 radical (unpaired) electrons. The number of aryl methyl sites for hydroxylation is 1. The van der Waals surface area contributed by atoms with Crippen molar-refractivity contribution >= 4 is 17.7 Å². The molecule has 3 rings (SSSR count). The molecular formula is C21H23NO7. The number of aromatic amines is 1. The molecule has 8 nitrogen and oxygen atoms in total. The van der Waals surface area contributed by atoms with Gasteiger partial charge in [-0.1, -0.05) is 6.07 Å². The highest BCUT2D eigenvalue weighted by Crippen LogP contribution is 2.31. The zero-order valence-electron chi connectivity index (χ0n) is 16.8. The molecule has 8 heteroatoms. The van der Waals surface area contributed by atoms with E-state index in [2.05, 4.69) is 4.98 Å². The van der Waals surface area contributed by atoms with Crippen LogP contribution in [0.2, 0.25) is 0 Å². The SMILES string of the molecule is COC(=O)c1c(C)[nH]c(C(=O)C(C)OC(=O)Cc2ccc3c(c2)OCCO3)c1C. The van der Waals surface area contributed by atoms with Crippen molar-refractivity contribution in [2.24, 2.45) is 0 Å². The molecule has 1 unspecified atom stereocenters. The smallest absolute Gasteiger partial charge is 0.339 e. The standard InChI is InChI=1S/C21H23NO7/c1-11-18(21(25)26-4)12(2)22-19(11)20(24)13(3)29-17(23)10-14-5-6-15-16(9-14)28-8-7-27-15/h5-6,9,13,22H,7-8,10H2,1-4H3. The second kappa shape index (κ2) is 8.38. The molecule has 2 aromatic rings. The van der Waals surface area contributed by atoms with Gasteiger partial charge in [-0.05, 0) is 44.0 Å². The predicted molar refractivity (Wildman–Crippen MR) is 103 cm³/mol. The molecule has 0 spiro atoms. The summed E-state index contributed by atoms with van der Waals surface area (Å²) >= 11 is 0. The molecule has 1 atom stereocenters. The van der Waals surface area contributed by atoms with Crippen molar-refractivity contribution < 1.29 is 33.3 Å². The third kappa shape index (κ3) is 4.26. The Balaban J connectivity index is 1.67. The molecule has 1 aliphatic heterocycles. The molecule has 0 bridgehead atoms. The van der Waals surface area contributed by atoms with Gasteiger partial charge in [-0.2, -0.15) is 0 Å². The maximum Gasteiger partial charge on any atom is 0.339 e. The molecule has 0 fully saturated rings. The Morgan fingerprint density at radius 1 is 1.14 bits per heavy atom. The number of fused-ring (bicyclic) bond motifs is 1. The van der Waals surface area contributed by atoms with Crippen molar-refractivity contribution in [2.45, 2.75) is 33.3 Å². The van der Waals surface area contributed by atoms with Crippen molar-refractivity contribution in [3.8, 4) is 11.5 Å². The van der Waals surface area contributed by atoms with Crippen LogP contribution in [0.5, 0.6) is 11.5 Å². The normalized spacial score (nSPS) is 13.5. The summed E-state index contributed by atoms with van der Waals surface area (Å²) in [5, 5.41) is 0. The van der Waals surface area contributed by atoms with Crippen molar-refractivity contribution in [3.63, 3.8) is 0 Å². The zero-order valence-corrected chi connectivity index (χ0v) is 16.8. The van der Waals surface area contributed by atoms with Crippen molar-refractivity contribution in [1.82, 2.24) is 4.98 Å². The molecule has 1 aliphatic rings. The highest BCUT2D eigenvalue weighted by molar-refractivity contribution is 6.04. The Labute approximate surface area is 168 Å². The molecule has 1 N–H and O–H groups in total. The van der Waals surface area contributed by atoms with Gasteiger partial charge in [-0.15, -0.1) is 0 Å². The lowest BCUT2D eigenvalue weighted by Crippen LogP contribution is -2.26. The number of benzene rings is 1. The second-order valence-corrected chi connectivity index (χ2v) is 6.77. The minimum atomic E-state index is -1.01. The third-order valence-electron chi connectivity index (χ3n) is 4.71. The molecule has 0 amide bonds. The Kier molecular flexibility index (Phi) is 5.91. The van der Waals surface area contributed by atoms with Crippen molar-refractivity contribution in [2.75, 3.05) is 20.3 Å². The molecule has 2 heterocycles. The van der Waals surface area contributed by atoms with E-state index in [1.54, 1.807) is 32.0 Å². The number of ether oxygens (including phenoxy) is 4. The number of carbonyl (C=O) groups excluding carboxylic acids is 3. The molecule has 1 aromatic carbocycles. The van der Waals surface area contributed by atoms with Crippen LogP contribution >= 0.6 is 0 Å². The number of esters is 2. The fourth-order valence-electron chi connectivity index (χ4n) is 3.26. The molecule has 0 aliphatic carbocycles. The number of carbonyl (C=O) groups is 3. The van der Waals surface area contributed by atoms with Gasteiger partial charge in [0.15, 0.2) is 17.6 Å². The minimum Gasteiger partial charge on any atom is -0.486 e. The number of ketones is 1. The second-order valence-electron chi connectivity index (χ2n) is 6.77. The average Bonchev–Trinajstić information content (AvgIpc) is 3.00. The quantitative estimate of drug-likeness (QED) is 0.586. The van der Waals surface area contributed by atoms with Crippen molar-refractivity contribution in [1.29, 1.82) is 0 Å². The number of H-pyrrole nitrogens is 1. The minimum absolute atomic E-state index is 0.00952. The van der Waals surface area contributed by atoms with E-state index in [0.29, 0.717) is 47.1 Å². The van der Waals surface area contributed by atoms with Crippen LogP contribution in [-0.2, 0) is 20.7 Å². The number of methoxy groups -OCH3 is 1. The largest absolute Gasteiger partial charge is 0.486 e. The first-order valence-electron chi connectivity index (χ1n) is 9.21. The first kappa shape index (κ1) is 20.4. The van der Waals surface area contributed by atoms with Gasteiger partial charge in [-0.3, -0.25) is 9.59 Å². The number of hydrogen-bond donors (Lipinski definition) is 1. The summed E-state index contributed by atoms with van der Waals surface area (Å²) in [6.45, 7) is 5.76. The molecule has 154 valence electrons. The van der Waals surface area contributed by atoms with Crippen LogP contribution < -0.4 is 9.47 Å². The summed E-state index contributed by atoms with van der Waals surface area (Å²) in [4.78, 5) is 39.8. The van der Waals surface area contributed by atoms with E-state index in [9.17, 15) is 14.4 Å². The molecule has 29 heavy (non-hydrogen) atoms. The maximum absolute atomic E-state index is 12.7. The van der Waals surface area contributed by atoms with Gasteiger partial charge in [0.1, 0.15) is 13.2 Å². The van der Waals surface area contributed by atoms with E-state index in [4.69, 9.17) is 18.9 Å². The highest BCUT2D eigenvalue weighted by atomic mass is 16.6. The monoisotopic (exact) mass is 401 g/mol. The maximum atomic E-state index is 12.7. The lowest BCUT2D eigenvalue weighted by Gasteiger charge is -2.19. The van der Waals surface area contributed by atoms with Crippen LogP contribution in [0.1, 0.15) is 44.6 Å². The number of nitrogens with one attached hydrogen (secondary N) is 1. The van der Waals surface area contributed by atoms with Crippen LogP contribution in [0, 0.1) is 13.8 Å². The molecule has 0 saturated heterocycles. The van der Waals surface area contributed by atoms with Crippen LogP contribution in [0.3, 0.4) is 0 Å². The first-order chi connectivity index (χ1) is 13.8. The van der Waals surface area contributed by atoms with Crippen LogP contribution in [0.15, 0.2) is 18.2 Å². The van der Waals surface area contributed by atoms with E-state index >= 15 is 0 Å². The summed E-state index contributed by atoms with van der Waals surface area (Å²) in [5.41, 5.74) is 2.22. The number of rotatable bonds is 6. The molecule has 0 saturated carbocycles. The van der Waals surface area contributed by atoms with Crippen molar-refractivity contribution in [3.05, 3.63) is 46.3 Å². The van der Waals surface area contributed by atoms with Gasteiger partial charge >= 0.3 is 11.9 Å². The first-order valence-corrected chi connectivity index (χ1v) is 9.21. The lowest BCUT2D eigenvalue weighted by molar-refractivity contribution is -0.145. The molecule has 1 aromatic heterocycles. The Hall–Kier alpha value is -3.29. The lowest BCUT2D eigenvalue weighted by atomic mass is 10.1. The van der Waals surface area contributed by atoms with Gasteiger partial charge in [0.05, 0.1) is 24.8 Å². The van der Waals surface area contributed by atoms with Crippen LogP contribution in [-0.4, -0.2) is 49.1 Å². The van der Waals surface area contributed by atoms with Gasteiger partial charge in [0.25, 0.3) is 0 Å². The van der Waals surface area contributed by atoms with E-state index in [0.717, 1.165) is 0 Å². The fraction of sp³-hybridized carbons (Fsp3) is 0.381. The summed E-state index contributed by atoms with van der Waals surface area (Å²) in [6.07, 6.45) is -1.02.